The van der Waals surface area contributed by atoms with Gasteiger partial charge in [0.25, 0.3) is 0 Å². The van der Waals surface area contributed by atoms with Crippen molar-refractivity contribution in [1.82, 2.24) is 4.31 Å². The Balaban J connectivity index is 2.08. The average Bonchev–Trinajstić information content (AvgIpc) is 2.61. The average molecular weight is 374 g/mol. The molecule has 0 aromatic heterocycles. The fourth-order valence-electron chi connectivity index (χ4n) is 2.28. The molecule has 0 bridgehead atoms. The van der Waals surface area contributed by atoms with E-state index in [0.717, 1.165) is 5.56 Å². The fourth-order valence-corrected chi connectivity index (χ4v) is 3.44. The van der Waals surface area contributed by atoms with Gasteiger partial charge in [0.05, 0.1) is 4.90 Å². The van der Waals surface area contributed by atoms with Crippen LogP contribution in [0.3, 0.4) is 0 Å². The van der Waals surface area contributed by atoms with Gasteiger partial charge in [0.2, 0.25) is 15.9 Å². The summed E-state index contributed by atoms with van der Waals surface area (Å²) in [7, 11) is -2.10. The highest BCUT2D eigenvalue weighted by atomic mass is 32.2. The Morgan fingerprint density at radius 3 is 2.31 bits per heavy atom. The molecule has 1 N–H and O–H groups in total. The van der Waals surface area contributed by atoms with Crippen LogP contribution in [0.15, 0.2) is 66.1 Å². The lowest BCUT2D eigenvalue weighted by Crippen LogP contribution is -2.26. The first-order chi connectivity index (χ1) is 12.3. The lowest BCUT2D eigenvalue weighted by atomic mass is 10.2. The van der Waals surface area contributed by atoms with Crippen molar-refractivity contribution in [1.29, 1.82) is 0 Å². The van der Waals surface area contributed by atoms with Crippen molar-refractivity contribution >= 4 is 21.6 Å². The maximum absolute atomic E-state index is 12.7. The lowest BCUT2D eigenvalue weighted by Gasteiger charge is -2.18. The molecule has 0 aliphatic rings. The van der Waals surface area contributed by atoms with E-state index in [-0.39, 0.29) is 17.3 Å². The van der Waals surface area contributed by atoms with Crippen LogP contribution in [0.1, 0.15) is 12.5 Å². The molecule has 6 nitrogen and oxygen atoms in total. The standard InChI is InChI=1S/C19H22N2O4S/c1-4-13-25-18-9-5-16(6-10-18)14-21(3)26(23,24)19-11-7-17(8-12-19)20-15(2)22/h4-12H,1,13-14H2,2-3H3,(H,20,22). The van der Waals surface area contributed by atoms with E-state index in [2.05, 4.69) is 11.9 Å². The molecule has 2 rings (SSSR count). The molecule has 138 valence electrons. The SMILES string of the molecule is C=CCOc1ccc(CN(C)S(=O)(=O)c2ccc(NC(C)=O)cc2)cc1. The van der Waals surface area contributed by atoms with Crippen LogP contribution < -0.4 is 10.1 Å². The predicted octanol–water partition coefficient (Wildman–Crippen LogP) is 3.03. The second kappa shape index (κ2) is 8.64. The van der Waals surface area contributed by atoms with E-state index in [1.165, 1.54) is 30.4 Å². The zero-order chi connectivity index (χ0) is 19.2. The highest BCUT2D eigenvalue weighted by Gasteiger charge is 2.20. The van der Waals surface area contributed by atoms with Gasteiger partial charge in [-0.25, -0.2) is 8.42 Å². The van der Waals surface area contributed by atoms with Crippen LogP contribution >= 0.6 is 0 Å². The maximum Gasteiger partial charge on any atom is 0.243 e. The molecule has 1 amide bonds. The van der Waals surface area contributed by atoms with Gasteiger partial charge in [-0.1, -0.05) is 24.8 Å². The third-order valence-corrected chi connectivity index (χ3v) is 5.40. The van der Waals surface area contributed by atoms with Gasteiger partial charge in [-0.2, -0.15) is 4.31 Å². The number of hydrogen-bond acceptors (Lipinski definition) is 4. The molecule has 0 unspecified atom stereocenters. The van der Waals surface area contributed by atoms with E-state index in [9.17, 15) is 13.2 Å². The smallest absolute Gasteiger partial charge is 0.243 e. The Kier molecular flexibility index (Phi) is 6.54. The van der Waals surface area contributed by atoms with E-state index >= 15 is 0 Å². The summed E-state index contributed by atoms with van der Waals surface area (Å²) in [5.74, 6) is 0.492. The first-order valence-corrected chi connectivity index (χ1v) is 9.43. The number of amides is 1. The number of rotatable bonds is 8. The van der Waals surface area contributed by atoms with Gasteiger partial charge in [0, 0.05) is 26.2 Å². The van der Waals surface area contributed by atoms with Gasteiger partial charge in [0.1, 0.15) is 12.4 Å². The first kappa shape index (κ1) is 19.7. The quantitative estimate of drug-likeness (QED) is 0.721. The van der Waals surface area contributed by atoms with Crippen LogP contribution in [0.25, 0.3) is 0 Å². The highest BCUT2D eigenvalue weighted by molar-refractivity contribution is 7.89. The molecule has 0 spiro atoms. The van der Waals surface area contributed by atoms with Crippen molar-refractivity contribution in [2.45, 2.75) is 18.4 Å². The molecule has 0 aliphatic heterocycles. The molecular formula is C19H22N2O4S. The molecule has 0 heterocycles. The van der Waals surface area contributed by atoms with E-state index in [0.29, 0.717) is 18.0 Å². The number of carbonyl (C=O) groups is 1. The van der Waals surface area contributed by atoms with Crippen LogP contribution in [0.2, 0.25) is 0 Å². The Bertz CT molecular complexity index is 859. The van der Waals surface area contributed by atoms with Gasteiger partial charge >= 0.3 is 0 Å². The third kappa shape index (κ3) is 5.18. The Labute approximate surface area is 154 Å². The fraction of sp³-hybridized carbons (Fsp3) is 0.211. The van der Waals surface area contributed by atoms with Crippen molar-refractivity contribution < 1.29 is 17.9 Å². The summed E-state index contributed by atoms with van der Waals surface area (Å²) in [6.07, 6.45) is 1.66. The summed E-state index contributed by atoms with van der Waals surface area (Å²) in [4.78, 5) is 11.2. The van der Waals surface area contributed by atoms with E-state index in [1.54, 1.807) is 30.3 Å². The second-order valence-electron chi connectivity index (χ2n) is 5.71. The van der Waals surface area contributed by atoms with Gasteiger partial charge in [-0.3, -0.25) is 4.79 Å². The summed E-state index contributed by atoms with van der Waals surface area (Å²) >= 11 is 0. The number of hydrogen-bond donors (Lipinski definition) is 1. The van der Waals surface area contributed by atoms with Crippen molar-refractivity contribution in [3.8, 4) is 5.75 Å². The minimum Gasteiger partial charge on any atom is -0.490 e. The van der Waals surface area contributed by atoms with Gasteiger partial charge in [-0.05, 0) is 42.0 Å². The van der Waals surface area contributed by atoms with Crippen LogP contribution in [-0.4, -0.2) is 32.3 Å². The monoisotopic (exact) mass is 374 g/mol. The van der Waals surface area contributed by atoms with Crippen LogP contribution in [0.5, 0.6) is 5.75 Å². The minimum atomic E-state index is -3.63. The zero-order valence-electron chi connectivity index (χ0n) is 14.8. The van der Waals surface area contributed by atoms with Crippen LogP contribution in [0, 0.1) is 0 Å². The minimum absolute atomic E-state index is 0.167. The number of nitrogens with one attached hydrogen (secondary N) is 1. The van der Waals surface area contributed by atoms with Crippen molar-refractivity contribution in [2.24, 2.45) is 0 Å². The zero-order valence-corrected chi connectivity index (χ0v) is 15.6. The number of anilines is 1. The summed E-state index contributed by atoms with van der Waals surface area (Å²) in [5, 5.41) is 2.61. The number of sulfonamides is 1. The molecule has 0 aliphatic carbocycles. The normalized spacial score (nSPS) is 11.2. The van der Waals surface area contributed by atoms with Crippen molar-refractivity contribution in [3.05, 3.63) is 66.7 Å². The molecule has 0 saturated heterocycles. The Morgan fingerprint density at radius 1 is 1.15 bits per heavy atom. The number of ether oxygens (including phenoxy) is 1. The second-order valence-corrected chi connectivity index (χ2v) is 7.76. The number of carbonyl (C=O) groups excluding carboxylic acids is 1. The molecular weight excluding hydrogens is 352 g/mol. The third-order valence-electron chi connectivity index (χ3n) is 3.58. The van der Waals surface area contributed by atoms with Gasteiger partial charge < -0.3 is 10.1 Å². The maximum atomic E-state index is 12.7. The molecule has 0 atom stereocenters. The first-order valence-electron chi connectivity index (χ1n) is 7.99. The van der Waals surface area contributed by atoms with Gasteiger partial charge in [0.15, 0.2) is 0 Å². The molecule has 0 saturated carbocycles. The Morgan fingerprint density at radius 2 is 1.77 bits per heavy atom. The van der Waals surface area contributed by atoms with Gasteiger partial charge in [-0.15, -0.1) is 0 Å². The van der Waals surface area contributed by atoms with Crippen molar-refractivity contribution in [2.75, 3.05) is 19.0 Å². The summed E-state index contributed by atoms with van der Waals surface area (Å²) < 4.78 is 32.1. The molecule has 0 fully saturated rings. The summed E-state index contributed by atoms with van der Waals surface area (Å²) in [6.45, 7) is 5.64. The van der Waals surface area contributed by atoms with E-state index in [4.69, 9.17) is 4.74 Å². The summed E-state index contributed by atoms with van der Waals surface area (Å²) in [5.41, 5.74) is 1.39. The van der Waals surface area contributed by atoms with Crippen LogP contribution in [-0.2, 0) is 21.4 Å². The van der Waals surface area contributed by atoms with E-state index < -0.39 is 10.0 Å². The van der Waals surface area contributed by atoms with Crippen LogP contribution in [0.4, 0.5) is 5.69 Å². The largest absolute Gasteiger partial charge is 0.490 e. The highest BCUT2D eigenvalue weighted by Crippen LogP contribution is 2.20. The van der Waals surface area contributed by atoms with Crippen molar-refractivity contribution in [3.63, 3.8) is 0 Å². The van der Waals surface area contributed by atoms with E-state index in [1.807, 2.05) is 12.1 Å². The molecule has 7 heteroatoms. The Hall–Kier alpha value is -2.64. The topological polar surface area (TPSA) is 75.7 Å². The number of benzene rings is 2. The lowest BCUT2D eigenvalue weighted by molar-refractivity contribution is -0.114. The number of nitrogens with zero attached hydrogens (tertiary/aromatic N) is 1. The predicted molar refractivity (Wildman–Crippen MR) is 102 cm³/mol. The molecule has 26 heavy (non-hydrogen) atoms. The molecule has 2 aromatic rings. The molecule has 0 radical (unpaired) electrons. The molecule has 2 aromatic carbocycles. The summed E-state index contributed by atoms with van der Waals surface area (Å²) in [6, 6.07) is 13.3.